The van der Waals surface area contributed by atoms with Gasteiger partial charge in [0, 0.05) is 10.2 Å². The van der Waals surface area contributed by atoms with Crippen LogP contribution in [0.4, 0.5) is 4.79 Å². The van der Waals surface area contributed by atoms with Crippen LogP contribution in [0.5, 0.6) is 0 Å². The van der Waals surface area contributed by atoms with E-state index in [0.29, 0.717) is 17.9 Å². The molecular weight excluding hydrogens is 348 g/mol. The molecule has 0 unspecified atom stereocenters. The SMILES string of the molecule is CCCCOC(=O)C1=C(C)NC(=O)N[C@H]1c1ccccc1Br. The molecule has 6 heteroatoms. The van der Waals surface area contributed by atoms with Crippen molar-refractivity contribution in [3.8, 4) is 0 Å². The molecule has 2 rings (SSSR count). The molecule has 1 heterocycles. The van der Waals surface area contributed by atoms with Gasteiger partial charge in [-0.2, -0.15) is 0 Å². The predicted molar refractivity (Wildman–Crippen MR) is 87.1 cm³/mol. The summed E-state index contributed by atoms with van der Waals surface area (Å²) in [5.74, 6) is -0.404. The molecule has 0 spiro atoms. The first-order chi connectivity index (χ1) is 10.5. The first-order valence-corrected chi connectivity index (χ1v) is 8.03. The molecule has 0 radical (unpaired) electrons. The Morgan fingerprint density at radius 2 is 2.09 bits per heavy atom. The fraction of sp³-hybridized carbons (Fsp3) is 0.375. The molecule has 2 amide bonds. The van der Waals surface area contributed by atoms with Gasteiger partial charge in [0.25, 0.3) is 0 Å². The summed E-state index contributed by atoms with van der Waals surface area (Å²) in [4.78, 5) is 24.2. The van der Waals surface area contributed by atoms with Crippen molar-refractivity contribution in [2.24, 2.45) is 0 Å². The van der Waals surface area contributed by atoms with Crippen LogP contribution in [-0.2, 0) is 9.53 Å². The Bertz CT molecular complexity index is 613. The van der Waals surface area contributed by atoms with E-state index in [1.807, 2.05) is 31.2 Å². The van der Waals surface area contributed by atoms with Gasteiger partial charge in [-0.1, -0.05) is 47.5 Å². The number of allylic oxidation sites excluding steroid dienone is 1. The normalized spacial score (nSPS) is 17.8. The maximum atomic E-state index is 12.4. The van der Waals surface area contributed by atoms with Crippen molar-refractivity contribution in [2.45, 2.75) is 32.7 Å². The number of hydrogen-bond acceptors (Lipinski definition) is 3. The van der Waals surface area contributed by atoms with Crippen molar-refractivity contribution in [1.29, 1.82) is 0 Å². The lowest BCUT2D eigenvalue weighted by Gasteiger charge is -2.28. The lowest BCUT2D eigenvalue weighted by atomic mass is 9.95. The van der Waals surface area contributed by atoms with E-state index in [9.17, 15) is 9.59 Å². The van der Waals surface area contributed by atoms with E-state index in [1.54, 1.807) is 6.92 Å². The van der Waals surface area contributed by atoms with Crippen LogP contribution in [0.25, 0.3) is 0 Å². The van der Waals surface area contributed by atoms with E-state index in [0.717, 1.165) is 22.9 Å². The van der Waals surface area contributed by atoms with Gasteiger partial charge in [0.15, 0.2) is 0 Å². The standard InChI is InChI=1S/C16H19BrN2O3/c1-3-4-9-22-15(20)13-10(2)18-16(21)19-14(13)11-7-5-6-8-12(11)17/h5-8,14H,3-4,9H2,1-2H3,(H2,18,19,21)/t14-/m0/s1. The van der Waals surface area contributed by atoms with Crippen molar-refractivity contribution in [1.82, 2.24) is 10.6 Å². The van der Waals surface area contributed by atoms with Gasteiger partial charge in [-0.25, -0.2) is 9.59 Å². The highest BCUT2D eigenvalue weighted by molar-refractivity contribution is 9.10. The number of rotatable bonds is 5. The molecule has 2 N–H and O–H groups in total. The fourth-order valence-electron chi connectivity index (χ4n) is 2.29. The molecule has 0 aromatic heterocycles. The quantitative estimate of drug-likeness (QED) is 0.619. The number of halogens is 1. The van der Waals surface area contributed by atoms with E-state index >= 15 is 0 Å². The van der Waals surface area contributed by atoms with Crippen molar-refractivity contribution in [3.05, 3.63) is 45.6 Å². The number of esters is 1. The largest absolute Gasteiger partial charge is 0.462 e. The maximum absolute atomic E-state index is 12.4. The zero-order chi connectivity index (χ0) is 16.1. The summed E-state index contributed by atoms with van der Waals surface area (Å²) in [6, 6.07) is 6.63. The van der Waals surface area contributed by atoms with Gasteiger partial charge in [0.05, 0.1) is 18.2 Å². The van der Waals surface area contributed by atoms with Gasteiger partial charge < -0.3 is 15.4 Å². The van der Waals surface area contributed by atoms with Crippen LogP contribution in [-0.4, -0.2) is 18.6 Å². The van der Waals surface area contributed by atoms with Crippen LogP contribution >= 0.6 is 15.9 Å². The minimum atomic E-state index is -0.529. The lowest BCUT2D eigenvalue weighted by molar-refractivity contribution is -0.139. The summed E-state index contributed by atoms with van der Waals surface area (Å²) in [5, 5.41) is 5.42. The van der Waals surface area contributed by atoms with E-state index in [-0.39, 0.29) is 6.03 Å². The first-order valence-electron chi connectivity index (χ1n) is 7.24. The zero-order valence-corrected chi connectivity index (χ0v) is 14.2. The first kappa shape index (κ1) is 16.5. The summed E-state index contributed by atoms with van der Waals surface area (Å²) in [7, 11) is 0. The van der Waals surface area contributed by atoms with Gasteiger partial charge in [0.1, 0.15) is 0 Å². The van der Waals surface area contributed by atoms with E-state index < -0.39 is 12.0 Å². The Morgan fingerprint density at radius 3 is 2.77 bits per heavy atom. The molecule has 0 saturated carbocycles. The molecule has 118 valence electrons. The zero-order valence-electron chi connectivity index (χ0n) is 12.6. The number of ether oxygens (including phenoxy) is 1. The second-order valence-corrected chi connectivity index (χ2v) is 5.94. The molecule has 0 saturated heterocycles. The number of benzene rings is 1. The smallest absolute Gasteiger partial charge is 0.338 e. The fourth-order valence-corrected chi connectivity index (χ4v) is 2.81. The maximum Gasteiger partial charge on any atom is 0.338 e. The monoisotopic (exact) mass is 366 g/mol. The van der Waals surface area contributed by atoms with Crippen LogP contribution in [0.3, 0.4) is 0 Å². The lowest BCUT2D eigenvalue weighted by Crippen LogP contribution is -2.45. The highest BCUT2D eigenvalue weighted by atomic mass is 79.9. The minimum Gasteiger partial charge on any atom is -0.462 e. The van der Waals surface area contributed by atoms with Gasteiger partial charge in [-0.15, -0.1) is 0 Å². The summed E-state index contributed by atoms with van der Waals surface area (Å²) >= 11 is 3.47. The molecule has 0 fully saturated rings. The Morgan fingerprint density at radius 1 is 1.36 bits per heavy atom. The molecule has 5 nitrogen and oxygen atoms in total. The molecule has 0 aliphatic carbocycles. The second-order valence-electron chi connectivity index (χ2n) is 5.08. The highest BCUT2D eigenvalue weighted by Crippen LogP contribution is 2.32. The highest BCUT2D eigenvalue weighted by Gasteiger charge is 2.33. The van der Waals surface area contributed by atoms with Gasteiger partial charge in [-0.3, -0.25) is 0 Å². The van der Waals surface area contributed by atoms with Crippen molar-refractivity contribution >= 4 is 27.9 Å². The Labute approximate surface area is 138 Å². The average molecular weight is 367 g/mol. The number of carbonyl (C=O) groups is 2. The molecular formula is C16H19BrN2O3. The molecule has 1 aromatic rings. The number of unbranched alkanes of at least 4 members (excludes halogenated alkanes) is 1. The van der Waals surface area contributed by atoms with Crippen LogP contribution in [0, 0.1) is 0 Å². The van der Waals surface area contributed by atoms with E-state index in [1.165, 1.54) is 0 Å². The number of hydrogen-bond donors (Lipinski definition) is 2. The molecule has 1 atom stereocenters. The number of urea groups is 1. The molecule has 1 aliphatic rings. The van der Waals surface area contributed by atoms with E-state index in [2.05, 4.69) is 26.6 Å². The van der Waals surface area contributed by atoms with Crippen LogP contribution < -0.4 is 10.6 Å². The molecule has 0 bridgehead atoms. The van der Waals surface area contributed by atoms with Crippen LogP contribution in [0.15, 0.2) is 40.0 Å². The average Bonchev–Trinajstić information content (AvgIpc) is 2.47. The van der Waals surface area contributed by atoms with Crippen molar-refractivity contribution < 1.29 is 14.3 Å². The summed E-state index contributed by atoms with van der Waals surface area (Å²) in [5.41, 5.74) is 1.77. The third-order valence-electron chi connectivity index (χ3n) is 3.44. The third kappa shape index (κ3) is 3.68. The summed E-state index contributed by atoms with van der Waals surface area (Å²) in [6.45, 7) is 4.12. The second kappa shape index (κ2) is 7.45. The van der Waals surface area contributed by atoms with Gasteiger partial charge in [-0.05, 0) is 25.0 Å². The van der Waals surface area contributed by atoms with Gasteiger partial charge >= 0.3 is 12.0 Å². The van der Waals surface area contributed by atoms with Crippen LogP contribution in [0.1, 0.15) is 38.3 Å². The number of carbonyl (C=O) groups excluding carboxylic acids is 2. The number of nitrogens with one attached hydrogen (secondary N) is 2. The minimum absolute atomic E-state index is 0.330. The Hall–Kier alpha value is -1.82. The topological polar surface area (TPSA) is 67.4 Å². The van der Waals surface area contributed by atoms with Crippen molar-refractivity contribution in [3.63, 3.8) is 0 Å². The van der Waals surface area contributed by atoms with Gasteiger partial charge in [0.2, 0.25) is 0 Å². The number of amides is 2. The molecule has 1 aliphatic heterocycles. The summed E-state index contributed by atoms with van der Waals surface area (Å²) < 4.78 is 6.14. The van der Waals surface area contributed by atoms with Crippen molar-refractivity contribution in [2.75, 3.05) is 6.61 Å². The molecule has 22 heavy (non-hydrogen) atoms. The third-order valence-corrected chi connectivity index (χ3v) is 4.16. The summed E-state index contributed by atoms with van der Waals surface area (Å²) in [6.07, 6.45) is 1.77. The van der Waals surface area contributed by atoms with Crippen LogP contribution in [0.2, 0.25) is 0 Å². The predicted octanol–water partition coefficient (Wildman–Crippen LogP) is 3.42. The Kier molecular flexibility index (Phi) is 5.60. The van der Waals surface area contributed by atoms with E-state index in [4.69, 9.17) is 4.74 Å². The Balaban J connectivity index is 2.33. The molecule has 1 aromatic carbocycles.